The zero-order valence-electron chi connectivity index (χ0n) is 40.7. The number of carbonyl (C=O) groups excluding carboxylic acids is 4. The first kappa shape index (κ1) is 54.0. The second-order valence-electron chi connectivity index (χ2n) is 19.5. The molecule has 10 N–H and O–H groups in total. The monoisotopic (exact) mass is 957 g/mol. The zero-order valence-corrected chi connectivity index (χ0v) is 42.3. The summed E-state index contributed by atoms with van der Waals surface area (Å²) in [5.41, 5.74) is 38.0. The maximum Gasteiger partial charge on any atom is 0.167 e. The largest absolute Gasteiger partial charge is 0.492 e. The Morgan fingerprint density at radius 1 is 0.515 bits per heavy atom. The Labute approximate surface area is 412 Å². The van der Waals surface area contributed by atoms with Crippen molar-refractivity contribution in [2.24, 2.45) is 28.7 Å². The van der Waals surface area contributed by atoms with E-state index in [4.69, 9.17) is 33.4 Å². The van der Waals surface area contributed by atoms with Crippen molar-refractivity contribution in [2.75, 3.05) is 37.7 Å². The van der Waals surface area contributed by atoms with E-state index in [-0.39, 0.29) is 72.8 Å². The lowest BCUT2D eigenvalue weighted by Crippen LogP contribution is -2.34. The summed E-state index contributed by atoms with van der Waals surface area (Å²) in [5.74, 6) is 0.865. The average molecular weight is 958 g/mol. The van der Waals surface area contributed by atoms with Crippen molar-refractivity contribution in [3.63, 3.8) is 0 Å². The Morgan fingerprint density at radius 2 is 0.882 bits per heavy atom. The summed E-state index contributed by atoms with van der Waals surface area (Å²) in [4.78, 5) is 58.6. The third-order valence-corrected chi connectivity index (χ3v) is 14.2. The standard InChI is InChI=1S/C56H71N5O5S2/c1-55(2,3)44-26-40(53(67-21-18-58)42(28-44)34-51(64)47(60)23-36-13-9-7-10-14-36)32-49(62)38-25-39(31-46(30-38)66-20-17-57)50(63)33-41-27-45(56(4,5)6)29-43(54(41)68-22-19-59)35-52(65)48(61)24-37-15-11-8-12-16-37/h7-16,25-31,47-48H,17-24,32-35,57-61H2,1-6H3/t47-,48-/m0/s1. The molecule has 0 unspecified atom stereocenters. The van der Waals surface area contributed by atoms with Crippen molar-refractivity contribution in [3.8, 4) is 5.75 Å². The molecule has 5 aromatic rings. The summed E-state index contributed by atoms with van der Waals surface area (Å²) in [6.45, 7) is 13.8. The van der Waals surface area contributed by atoms with Gasteiger partial charge in [-0.25, -0.2) is 0 Å². The van der Waals surface area contributed by atoms with Gasteiger partial charge >= 0.3 is 0 Å². The van der Waals surface area contributed by atoms with Gasteiger partial charge in [0.1, 0.15) is 12.4 Å². The van der Waals surface area contributed by atoms with Crippen LogP contribution in [0.5, 0.6) is 5.75 Å². The predicted molar refractivity (Wildman–Crippen MR) is 281 cm³/mol. The number of hydrogen-bond acceptors (Lipinski definition) is 12. The second-order valence-corrected chi connectivity index (χ2v) is 21.7. The fraction of sp³-hybridized carbons (Fsp3) is 0.393. The first-order valence-corrected chi connectivity index (χ1v) is 25.4. The summed E-state index contributed by atoms with van der Waals surface area (Å²) in [5, 5.41) is 0. The van der Waals surface area contributed by atoms with Crippen LogP contribution >= 0.6 is 23.5 Å². The van der Waals surface area contributed by atoms with Gasteiger partial charge in [-0.05, 0) is 86.4 Å². The van der Waals surface area contributed by atoms with E-state index in [0.29, 0.717) is 54.3 Å². The lowest BCUT2D eigenvalue weighted by Gasteiger charge is -2.24. The highest BCUT2D eigenvalue weighted by Crippen LogP contribution is 2.37. The summed E-state index contributed by atoms with van der Waals surface area (Å²) in [6.07, 6.45) is 1.04. The smallest absolute Gasteiger partial charge is 0.167 e. The molecule has 0 bridgehead atoms. The molecule has 0 fully saturated rings. The second kappa shape index (κ2) is 25.1. The highest BCUT2D eigenvalue weighted by atomic mass is 32.2. The number of rotatable bonds is 25. The van der Waals surface area contributed by atoms with E-state index in [0.717, 1.165) is 54.3 Å². The molecule has 5 aromatic carbocycles. The van der Waals surface area contributed by atoms with Crippen molar-refractivity contribution < 1.29 is 23.9 Å². The molecule has 68 heavy (non-hydrogen) atoms. The molecule has 0 amide bonds. The van der Waals surface area contributed by atoms with Gasteiger partial charge in [0.2, 0.25) is 0 Å². The zero-order chi connectivity index (χ0) is 49.6. The van der Waals surface area contributed by atoms with Gasteiger partial charge in [-0.15, -0.1) is 23.5 Å². The van der Waals surface area contributed by atoms with E-state index in [1.54, 1.807) is 18.2 Å². The van der Waals surface area contributed by atoms with Crippen LogP contribution in [0, 0.1) is 0 Å². The van der Waals surface area contributed by atoms with Crippen LogP contribution in [0.4, 0.5) is 0 Å². The number of thioether (sulfide) groups is 2. The Morgan fingerprint density at radius 3 is 1.22 bits per heavy atom. The van der Waals surface area contributed by atoms with Crippen molar-refractivity contribution in [1.82, 2.24) is 0 Å². The quantitative estimate of drug-likeness (QED) is 0.0279. The number of carbonyl (C=O) groups is 4. The molecule has 0 aliphatic heterocycles. The van der Waals surface area contributed by atoms with Crippen molar-refractivity contribution in [2.45, 2.75) is 113 Å². The van der Waals surface area contributed by atoms with Gasteiger partial charge in [0.05, 0.1) is 12.1 Å². The van der Waals surface area contributed by atoms with Gasteiger partial charge in [-0.3, -0.25) is 19.2 Å². The van der Waals surface area contributed by atoms with Crippen LogP contribution < -0.4 is 33.4 Å². The first-order chi connectivity index (χ1) is 32.3. The van der Waals surface area contributed by atoms with Gasteiger partial charge < -0.3 is 33.4 Å². The van der Waals surface area contributed by atoms with Crippen LogP contribution in [0.1, 0.15) is 107 Å². The Kier molecular flexibility index (Phi) is 19.9. The van der Waals surface area contributed by atoms with Crippen LogP contribution in [-0.4, -0.2) is 73.0 Å². The maximum absolute atomic E-state index is 14.7. The lowest BCUT2D eigenvalue weighted by molar-refractivity contribution is -0.120. The van der Waals surface area contributed by atoms with E-state index < -0.39 is 12.1 Å². The fourth-order valence-electron chi connectivity index (χ4n) is 7.93. The van der Waals surface area contributed by atoms with Crippen LogP contribution in [0.25, 0.3) is 0 Å². The molecule has 0 aromatic heterocycles. The minimum Gasteiger partial charge on any atom is -0.492 e. The van der Waals surface area contributed by atoms with Crippen LogP contribution in [0.3, 0.4) is 0 Å². The molecule has 12 heteroatoms. The number of benzene rings is 5. The van der Waals surface area contributed by atoms with Gasteiger partial charge in [0.25, 0.3) is 0 Å². The molecular formula is C56H71N5O5S2. The molecule has 0 aliphatic carbocycles. The Bertz CT molecular complexity index is 2350. The van der Waals surface area contributed by atoms with Crippen LogP contribution in [0.15, 0.2) is 113 Å². The lowest BCUT2D eigenvalue weighted by atomic mass is 9.83. The molecule has 2 atom stereocenters. The molecular weight excluding hydrogens is 887 g/mol. The third-order valence-electron chi connectivity index (χ3n) is 11.7. The molecule has 10 nitrogen and oxygen atoms in total. The third kappa shape index (κ3) is 15.5. The van der Waals surface area contributed by atoms with Crippen LogP contribution in [-0.2, 0) is 58.9 Å². The molecule has 362 valence electrons. The van der Waals surface area contributed by atoms with E-state index in [9.17, 15) is 19.2 Å². The van der Waals surface area contributed by atoms with E-state index in [1.165, 1.54) is 23.5 Å². The minimum absolute atomic E-state index is 0.000635. The molecule has 5 rings (SSSR count). The molecule has 0 heterocycles. The summed E-state index contributed by atoms with van der Waals surface area (Å²) < 4.78 is 6.01. The predicted octanol–water partition coefficient (Wildman–Crippen LogP) is 7.93. The summed E-state index contributed by atoms with van der Waals surface area (Å²) in [7, 11) is 0. The van der Waals surface area contributed by atoms with Gasteiger partial charge in [0, 0.05) is 77.7 Å². The minimum atomic E-state index is -0.705. The normalized spacial score (nSPS) is 12.7. The van der Waals surface area contributed by atoms with Gasteiger partial charge in [-0.1, -0.05) is 126 Å². The van der Waals surface area contributed by atoms with Crippen molar-refractivity contribution in [1.29, 1.82) is 0 Å². The Balaban J connectivity index is 1.52. The summed E-state index contributed by atoms with van der Waals surface area (Å²) in [6, 6.07) is 31.2. The molecule has 0 spiro atoms. The molecule has 0 radical (unpaired) electrons. The van der Waals surface area contributed by atoms with Crippen molar-refractivity contribution in [3.05, 3.63) is 159 Å². The Hall–Kier alpha value is -4.92. The van der Waals surface area contributed by atoms with E-state index in [1.807, 2.05) is 60.7 Å². The molecule has 0 saturated heterocycles. The number of nitrogens with two attached hydrogens (primary N) is 5. The SMILES string of the molecule is CC(C)(C)c1cc(CC(=O)c2cc(OCCN)cc(C(=O)Cc3cc(C(C)(C)C)cc(CC(=O)[C@@H](N)Cc4ccccc4)c3SCCN)c2)c(SCCN)c(CC(=O)[C@@H](N)Cc2ccccc2)c1. The number of hydrogen-bond donors (Lipinski definition) is 5. The van der Waals surface area contributed by atoms with E-state index >= 15 is 0 Å². The number of Topliss-reactive ketones (excluding diaryl/α,β-unsaturated/α-hetero) is 4. The van der Waals surface area contributed by atoms with Crippen LogP contribution in [0.2, 0.25) is 0 Å². The van der Waals surface area contributed by atoms with Crippen molar-refractivity contribution >= 4 is 46.7 Å². The van der Waals surface area contributed by atoms with Gasteiger partial charge in [-0.2, -0.15) is 0 Å². The molecule has 0 saturated carbocycles. The van der Waals surface area contributed by atoms with E-state index in [2.05, 4.69) is 65.8 Å². The maximum atomic E-state index is 14.7. The highest BCUT2D eigenvalue weighted by molar-refractivity contribution is 7.99. The molecule has 0 aliphatic rings. The number of ether oxygens (including phenoxy) is 1. The number of ketones is 4. The topological polar surface area (TPSA) is 208 Å². The highest BCUT2D eigenvalue weighted by Gasteiger charge is 2.27. The fourth-order valence-corrected chi connectivity index (χ4v) is 9.84. The summed E-state index contributed by atoms with van der Waals surface area (Å²) >= 11 is 3.05. The average Bonchev–Trinajstić information content (AvgIpc) is 3.30. The van der Waals surface area contributed by atoms with Gasteiger partial charge in [0.15, 0.2) is 23.1 Å². The first-order valence-electron chi connectivity index (χ1n) is 23.5.